The Kier molecular flexibility index (Phi) is 4.45. The van der Waals surface area contributed by atoms with Gasteiger partial charge < -0.3 is 10.1 Å². The first kappa shape index (κ1) is 14.7. The van der Waals surface area contributed by atoms with Gasteiger partial charge in [-0.05, 0) is 11.4 Å². The number of anilines is 1. The zero-order chi connectivity index (χ0) is 15.4. The van der Waals surface area contributed by atoms with Gasteiger partial charge in [-0.1, -0.05) is 6.07 Å². The maximum atomic E-state index is 5.23. The zero-order valence-electron chi connectivity index (χ0n) is 12.5. The van der Waals surface area contributed by atoms with Crippen molar-refractivity contribution in [2.24, 2.45) is 0 Å². The molecule has 0 aliphatic rings. The number of ether oxygens (including phenoxy) is 1. The molecule has 0 aromatic carbocycles. The van der Waals surface area contributed by atoms with Crippen molar-refractivity contribution in [1.82, 2.24) is 19.5 Å². The van der Waals surface area contributed by atoms with Crippen LogP contribution in [0.15, 0.2) is 36.2 Å². The third-order valence-corrected chi connectivity index (χ3v) is 4.14. The molecule has 0 atom stereocenters. The van der Waals surface area contributed by atoms with Crippen LogP contribution in [-0.4, -0.2) is 40.3 Å². The summed E-state index contributed by atoms with van der Waals surface area (Å²) in [6, 6.07) is 4.11. The fourth-order valence-electron chi connectivity index (χ4n) is 2.23. The molecule has 0 saturated carbocycles. The van der Waals surface area contributed by atoms with Crippen molar-refractivity contribution >= 4 is 17.2 Å². The van der Waals surface area contributed by atoms with Gasteiger partial charge >= 0.3 is 0 Å². The van der Waals surface area contributed by atoms with Crippen LogP contribution >= 0.6 is 11.3 Å². The summed E-state index contributed by atoms with van der Waals surface area (Å²) in [5.74, 6) is 1.42. The van der Waals surface area contributed by atoms with Crippen LogP contribution in [0.25, 0.3) is 16.4 Å². The van der Waals surface area contributed by atoms with Gasteiger partial charge in [-0.15, -0.1) is 11.3 Å². The first-order valence-corrected chi connectivity index (χ1v) is 7.81. The number of thiophene rings is 1. The van der Waals surface area contributed by atoms with Gasteiger partial charge in [0.15, 0.2) is 0 Å². The molecule has 3 heterocycles. The van der Waals surface area contributed by atoms with Crippen LogP contribution in [0, 0.1) is 0 Å². The minimum atomic E-state index is 0.605. The predicted octanol–water partition coefficient (Wildman–Crippen LogP) is 2.62. The molecule has 1 N–H and O–H groups in total. The Morgan fingerprint density at radius 2 is 2.27 bits per heavy atom. The Morgan fingerprint density at radius 1 is 1.36 bits per heavy atom. The molecule has 0 saturated heterocycles. The van der Waals surface area contributed by atoms with E-state index >= 15 is 0 Å². The van der Waals surface area contributed by atoms with Crippen molar-refractivity contribution in [3.8, 4) is 16.4 Å². The van der Waals surface area contributed by atoms with Gasteiger partial charge in [0.2, 0.25) is 5.95 Å². The number of hydrogen-bond donors (Lipinski definition) is 1. The molecule has 0 radical (unpaired) electrons. The predicted molar refractivity (Wildman–Crippen MR) is 87.6 cm³/mol. The van der Waals surface area contributed by atoms with Crippen molar-refractivity contribution in [2.75, 3.05) is 26.1 Å². The van der Waals surface area contributed by atoms with Gasteiger partial charge in [0, 0.05) is 37.8 Å². The van der Waals surface area contributed by atoms with Crippen molar-refractivity contribution in [2.45, 2.75) is 6.42 Å². The summed E-state index contributed by atoms with van der Waals surface area (Å²) in [6.07, 6.45) is 5.96. The van der Waals surface area contributed by atoms with Crippen LogP contribution < -0.4 is 5.32 Å². The third kappa shape index (κ3) is 2.86. The van der Waals surface area contributed by atoms with E-state index in [1.807, 2.05) is 19.3 Å². The summed E-state index contributed by atoms with van der Waals surface area (Å²) in [5, 5.41) is 5.24. The molecule has 0 fully saturated rings. The Morgan fingerprint density at radius 3 is 2.91 bits per heavy atom. The molecule has 0 bridgehead atoms. The second-order valence-electron chi connectivity index (χ2n) is 4.63. The smallest absolute Gasteiger partial charge is 0.237 e. The highest BCUT2D eigenvalue weighted by Crippen LogP contribution is 2.33. The Balaban J connectivity index is 2.15. The topological polar surface area (TPSA) is 64.9 Å². The monoisotopic (exact) mass is 315 g/mol. The van der Waals surface area contributed by atoms with Crippen LogP contribution in [0.3, 0.4) is 0 Å². The average molecular weight is 315 g/mol. The van der Waals surface area contributed by atoms with Gasteiger partial charge in [0.1, 0.15) is 12.1 Å². The van der Waals surface area contributed by atoms with Crippen LogP contribution in [0.5, 0.6) is 0 Å². The molecule has 114 valence electrons. The van der Waals surface area contributed by atoms with Gasteiger partial charge in [0.05, 0.1) is 17.9 Å². The van der Waals surface area contributed by atoms with Gasteiger partial charge in [-0.25, -0.2) is 9.97 Å². The van der Waals surface area contributed by atoms with E-state index in [1.165, 1.54) is 0 Å². The molecule has 3 aromatic rings. The largest absolute Gasteiger partial charge is 0.384 e. The fourth-order valence-corrected chi connectivity index (χ4v) is 3.02. The molecule has 0 amide bonds. The number of imidazole rings is 1. The number of nitrogens with zero attached hydrogens (tertiary/aromatic N) is 4. The quantitative estimate of drug-likeness (QED) is 0.757. The highest BCUT2D eigenvalue weighted by molar-refractivity contribution is 7.13. The summed E-state index contributed by atoms with van der Waals surface area (Å²) < 4.78 is 7.03. The summed E-state index contributed by atoms with van der Waals surface area (Å²) in [4.78, 5) is 14.5. The van der Waals surface area contributed by atoms with Crippen molar-refractivity contribution in [3.63, 3.8) is 0 Å². The van der Waals surface area contributed by atoms with Crippen molar-refractivity contribution < 1.29 is 4.74 Å². The van der Waals surface area contributed by atoms with E-state index < -0.39 is 0 Å². The van der Waals surface area contributed by atoms with Gasteiger partial charge in [-0.3, -0.25) is 4.57 Å². The number of nitrogens with one attached hydrogen (secondary N) is 1. The highest BCUT2D eigenvalue weighted by atomic mass is 32.1. The van der Waals surface area contributed by atoms with E-state index in [4.69, 9.17) is 9.72 Å². The first-order valence-electron chi connectivity index (χ1n) is 6.93. The maximum absolute atomic E-state index is 5.23. The molecule has 3 rings (SSSR count). The minimum absolute atomic E-state index is 0.605. The Hall–Kier alpha value is -2.25. The van der Waals surface area contributed by atoms with E-state index in [0.717, 1.165) is 28.4 Å². The summed E-state index contributed by atoms with van der Waals surface area (Å²) >= 11 is 1.68. The molecule has 6 nitrogen and oxygen atoms in total. The lowest BCUT2D eigenvalue weighted by atomic mass is 10.1. The lowest BCUT2D eigenvalue weighted by Gasteiger charge is -2.14. The van der Waals surface area contributed by atoms with E-state index in [9.17, 15) is 0 Å². The van der Waals surface area contributed by atoms with Gasteiger partial charge in [0.25, 0.3) is 0 Å². The Bertz CT molecular complexity index is 725. The number of methoxy groups -OCH3 is 1. The van der Waals surface area contributed by atoms with E-state index in [2.05, 4.69) is 26.7 Å². The standard InChI is InChI=1S/C15H17N5OS/c1-16-14-13(12-4-3-9-22-12)11(5-8-21-2)18-15(19-14)20-7-6-17-10-20/h3-4,6-7,9-10H,5,8H2,1-2H3,(H,16,18,19). The minimum Gasteiger partial charge on any atom is -0.384 e. The molecule has 0 unspecified atom stereocenters. The second kappa shape index (κ2) is 6.67. The third-order valence-electron chi connectivity index (χ3n) is 3.25. The fraction of sp³-hybridized carbons (Fsp3) is 0.267. The lowest BCUT2D eigenvalue weighted by Crippen LogP contribution is -2.10. The molecule has 3 aromatic heterocycles. The molecule has 0 aliphatic heterocycles. The molecule has 22 heavy (non-hydrogen) atoms. The molecular weight excluding hydrogens is 298 g/mol. The Labute approximate surface area is 132 Å². The van der Waals surface area contributed by atoms with Crippen LogP contribution in [-0.2, 0) is 11.2 Å². The van der Waals surface area contributed by atoms with Crippen molar-refractivity contribution in [1.29, 1.82) is 0 Å². The molecule has 0 aliphatic carbocycles. The second-order valence-corrected chi connectivity index (χ2v) is 5.58. The SMILES string of the molecule is CNc1nc(-n2ccnc2)nc(CCOC)c1-c1cccs1. The van der Waals surface area contributed by atoms with E-state index in [0.29, 0.717) is 12.6 Å². The van der Waals surface area contributed by atoms with Crippen LogP contribution in [0.1, 0.15) is 5.69 Å². The number of rotatable bonds is 6. The summed E-state index contributed by atoms with van der Waals surface area (Å²) in [5.41, 5.74) is 2.01. The lowest BCUT2D eigenvalue weighted by molar-refractivity contribution is 0.201. The molecular formula is C15H17N5OS. The average Bonchev–Trinajstić information content (AvgIpc) is 3.24. The number of aromatic nitrogens is 4. The zero-order valence-corrected chi connectivity index (χ0v) is 13.3. The number of hydrogen-bond acceptors (Lipinski definition) is 6. The normalized spacial score (nSPS) is 10.8. The molecule has 7 heteroatoms. The van der Waals surface area contributed by atoms with E-state index in [-0.39, 0.29) is 0 Å². The first-order chi connectivity index (χ1) is 10.8. The summed E-state index contributed by atoms with van der Waals surface area (Å²) in [6.45, 7) is 0.613. The molecule has 0 spiro atoms. The maximum Gasteiger partial charge on any atom is 0.237 e. The van der Waals surface area contributed by atoms with Crippen LogP contribution in [0.2, 0.25) is 0 Å². The summed E-state index contributed by atoms with van der Waals surface area (Å²) in [7, 11) is 3.57. The van der Waals surface area contributed by atoms with Gasteiger partial charge in [-0.2, -0.15) is 4.98 Å². The van der Waals surface area contributed by atoms with Crippen LogP contribution in [0.4, 0.5) is 5.82 Å². The highest BCUT2D eigenvalue weighted by Gasteiger charge is 2.17. The van der Waals surface area contributed by atoms with Crippen molar-refractivity contribution in [3.05, 3.63) is 41.9 Å². The van der Waals surface area contributed by atoms with E-state index in [1.54, 1.807) is 35.5 Å².